The van der Waals surface area contributed by atoms with Gasteiger partial charge in [-0.25, -0.2) is 8.42 Å². The minimum Gasteiger partial charge on any atom is -0.328 e. The van der Waals surface area contributed by atoms with Crippen LogP contribution in [0, 0.1) is 5.92 Å². The molecule has 1 heterocycles. The summed E-state index contributed by atoms with van der Waals surface area (Å²) in [5, 5.41) is 0. The molecule has 2 bridgehead atoms. The average Bonchev–Trinajstić information content (AvgIpc) is 2.42. The lowest BCUT2D eigenvalue weighted by Gasteiger charge is -2.26. The minimum absolute atomic E-state index is 0.190. The molecule has 5 heteroatoms. The van der Waals surface area contributed by atoms with Crippen molar-refractivity contribution in [3.05, 3.63) is 0 Å². The lowest BCUT2D eigenvalue weighted by Crippen LogP contribution is -2.39. The summed E-state index contributed by atoms with van der Waals surface area (Å²) < 4.78 is 25.7. The highest BCUT2D eigenvalue weighted by Crippen LogP contribution is 2.36. The quantitative estimate of drug-likeness (QED) is 0.772. The van der Waals surface area contributed by atoms with Crippen LogP contribution in [0.4, 0.5) is 0 Å². The van der Waals surface area contributed by atoms with Gasteiger partial charge in [0, 0.05) is 18.6 Å². The molecule has 15 heavy (non-hydrogen) atoms. The van der Waals surface area contributed by atoms with E-state index in [1.165, 1.54) is 0 Å². The zero-order valence-electron chi connectivity index (χ0n) is 9.22. The third-order valence-corrected chi connectivity index (χ3v) is 5.57. The van der Waals surface area contributed by atoms with Gasteiger partial charge in [-0.05, 0) is 31.6 Å². The zero-order chi connectivity index (χ0) is 11.1. The fourth-order valence-electron chi connectivity index (χ4n) is 2.95. The van der Waals surface area contributed by atoms with E-state index in [9.17, 15) is 8.42 Å². The van der Waals surface area contributed by atoms with Crippen molar-refractivity contribution in [2.24, 2.45) is 11.7 Å². The monoisotopic (exact) mass is 232 g/mol. The van der Waals surface area contributed by atoms with E-state index in [1.54, 1.807) is 4.31 Å². The predicted molar refractivity (Wildman–Crippen MR) is 59.9 cm³/mol. The fourth-order valence-corrected chi connectivity index (χ4v) is 4.77. The molecular formula is C10H20N2O2S. The van der Waals surface area contributed by atoms with E-state index in [-0.39, 0.29) is 17.8 Å². The molecule has 1 aliphatic heterocycles. The van der Waals surface area contributed by atoms with Gasteiger partial charge in [0.2, 0.25) is 10.0 Å². The summed E-state index contributed by atoms with van der Waals surface area (Å²) in [5.41, 5.74) is 5.91. The molecule has 4 nitrogen and oxygen atoms in total. The standard InChI is InChI=1S/C10H20N2O2S/c1-2-3-15(13,14)12-7-8-4-9(11)6-10(12)5-8/h8-10H,2-7,11H2,1H3. The van der Waals surface area contributed by atoms with Crippen LogP contribution in [0.25, 0.3) is 0 Å². The van der Waals surface area contributed by atoms with Gasteiger partial charge in [-0.3, -0.25) is 0 Å². The van der Waals surface area contributed by atoms with E-state index in [4.69, 9.17) is 5.73 Å². The molecule has 3 unspecified atom stereocenters. The van der Waals surface area contributed by atoms with Crippen molar-refractivity contribution in [1.29, 1.82) is 0 Å². The Kier molecular flexibility index (Phi) is 3.05. The summed E-state index contributed by atoms with van der Waals surface area (Å²) in [6.07, 6.45) is 3.56. The van der Waals surface area contributed by atoms with E-state index in [0.717, 1.165) is 19.3 Å². The van der Waals surface area contributed by atoms with Crippen molar-refractivity contribution in [2.75, 3.05) is 12.3 Å². The lowest BCUT2D eigenvalue weighted by atomic mass is 9.87. The van der Waals surface area contributed by atoms with Crippen LogP contribution in [-0.2, 0) is 10.0 Å². The Morgan fingerprint density at radius 1 is 1.33 bits per heavy atom. The van der Waals surface area contributed by atoms with Crippen molar-refractivity contribution in [3.63, 3.8) is 0 Å². The highest BCUT2D eigenvalue weighted by atomic mass is 32.2. The number of rotatable bonds is 3. The van der Waals surface area contributed by atoms with Gasteiger partial charge >= 0.3 is 0 Å². The summed E-state index contributed by atoms with van der Waals surface area (Å²) in [4.78, 5) is 0. The molecular weight excluding hydrogens is 212 g/mol. The van der Waals surface area contributed by atoms with Gasteiger partial charge in [0.05, 0.1) is 5.75 Å². The normalized spacial score (nSPS) is 37.1. The highest BCUT2D eigenvalue weighted by molar-refractivity contribution is 7.89. The molecule has 88 valence electrons. The Morgan fingerprint density at radius 3 is 2.73 bits per heavy atom. The minimum atomic E-state index is -3.01. The maximum Gasteiger partial charge on any atom is 0.214 e. The number of nitrogens with zero attached hydrogens (tertiary/aromatic N) is 1. The molecule has 3 atom stereocenters. The molecule has 1 saturated heterocycles. The second-order valence-corrected chi connectivity index (χ2v) is 6.91. The Hall–Kier alpha value is -0.130. The van der Waals surface area contributed by atoms with Gasteiger partial charge in [-0.15, -0.1) is 0 Å². The second kappa shape index (κ2) is 4.03. The van der Waals surface area contributed by atoms with E-state index >= 15 is 0 Å². The first-order valence-corrected chi connectivity index (χ1v) is 7.39. The third-order valence-electron chi connectivity index (χ3n) is 3.48. The Morgan fingerprint density at radius 2 is 2.07 bits per heavy atom. The lowest BCUT2D eigenvalue weighted by molar-refractivity contribution is 0.328. The van der Waals surface area contributed by atoms with Gasteiger partial charge in [-0.1, -0.05) is 6.92 Å². The van der Waals surface area contributed by atoms with Crippen LogP contribution in [0.1, 0.15) is 32.6 Å². The van der Waals surface area contributed by atoms with Crippen LogP contribution in [-0.4, -0.2) is 37.1 Å². The summed E-state index contributed by atoms with van der Waals surface area (Å²) in [6, 6.07) is 0.394. The largest absolute Gasteiger partial charge is 0.328 e. The van der Waals surface area contributed by atoms with Crippen LogP contribution < -0.4 is 5.73 Å². The molecule has 2 N–H and O–H groups in total. The van der Waals surface area contributed by atoms with Crippen molar-refractivity contribution in [3.8, 4) is 0 Å². The molecule has 0 aromatic carbocycles. The van der Waals surface area contributed by atoms with Crippen molar-refractivity contribution < 1.29 is 8.42 Å². The van der Waals surface area contributed by atoms with Crippen LogP contribution in [0.5, 0.6) is 0 Å². The summed E-state index contributed by atoms with van der Waals surface area (Å²) in [5.74, 6) is 0.788. The molecule has 2 aliphatic rings. The van der Waals surface area contributed by atoms with E-state index in [0.29, 0.717) is 18.9 Å². The van der Waals surface area contributed by atoms with Gasteiger partial charge in [0.25, 0.3) is 0 Å². The zero-order valence-corrected chi connectivity index (χ0v) is 10.0. The Labute approximate surface area is 91.9 Å². The number of hydrogen-bond acceptors (Lipinski definition) is 3. The topological polar surface area (TPSA) is 63.4 Å². The number of sulfonamides is 1. The molecule has 0 spiro atoms. The predicted octanol–water partition coefficient (Wildman–Crippen LogP) is 0.538. The van der Waals surface area contributed by atoms with Crippen LogP contribution in [0.2, 0.25) is 0 Å². The molecule has 2 rings (SSSR count). The van der Waals surface area contributed by atoms with Crippen molar-refractivity contribution in [1.82, 2.24) is 4.31 Å². The van der Waals surface area contributed by atoms with Crippen LogP contribution in [0.3, 0.4) is 0 Å². The SMILES string of the molecule is CCCS(=O)(=O)N1CC2CC(N)CC1C2. The molecule has 0 aromatic heterocycles. The summed E-state index contributed by atoms with van der Waals surface area (Å²) in [6.45, 7) is 2.62. The van der Waals surface area contributed by atoms with Crippen molar-refractivity contribution >= 4 is 10.0 Å². The highest BCUT2D eigenvalue weighted by Gasteiger charge is 2.43. The van der Waals surface area contributed by atoms with E-state index < -0.39 is 10.0 Å². The summed E-state index contributed by atoms with van der Waals surface area (Å²) in [7, 11) is -3.01. The molecule has 0 aromatic rings. The van der Waals surface area contributed by atoms with E-state index in [1.807, 2.05) is 6.92 Å². The second-order valence-electron chi connectivity index (χ2n) is 4.87. The van der Waals surface area contributed by atoms with Crippen LogP contribution >= 0.6 is 0 Å². The van der Waals surface area contributed by atoms with Crippen molar-refractivity contribution in [2.45, 2.75) is 44.7 Å². The smallest absolute Gasteiger partial charge is 0.214 e. The molecule has 0 amide bonds. The Bertz CT molecular complexity index is 328. The van der Waals surface area contributed by atoms with E-state index in [2.05, 4.69) is 0 Å². The molecule has 1 aliphatic carbocycles. The molecule has 2 fully saturated rings. The molecule has 0 radical (unpaired) electrons. The Balaban J connectivity index is 2.12. The van der Waals surface area contributed by atoms with Gasteiger partial charge in [0.15, 0.2) is 0 Å². The van der Waals surface area contributed by atoms with Gasteiger partial charge in [0.1, 0.15) is 0 Å². The fraction of sp³-hybridized carbons (Fsp3) is 1.00. The van der Waals surface area contributed by atoms with Crippen LogP contribution in [0.15, 0.2) is 0 Å². The summed E-state index contributed by atoms with van der Waals surface area (Å²) >= 11 is 0. The first-order valence-electron chi connectivity index (χ1n) is 5.78. The molecule has 1 saturated carbocycles. The van der Waals surface area contributed by atoms with Gasteiger partial charge in [-0.2, -0.15) is 4.31 Å². The number of fused-ring (bicyclic) bond motifs is 2. The number of nitrogens with two attached hydrogens (primary N) is 1. The maximum absolute atomic E-state index is 12.0. The van der Waals surface area contributed by atoms with Gasteiger partial charge < -0.3 is 5.73 Å². The first kappa shape index (κ1) is 11.4. The first-order chi connectivity index (χ1) is 7.03. The maximum atomic E-state index is 12.0. The average molecular weight is 232 g/mol. The third kappa shape index (κ3) is 2.19. The number of hydrogen-bond donors (Lipinski definition) is 1.